The number of hydrogen-bond acceptors (Lipinski definition) is 2. The summed E-state index contributed by atoms with van der Waals surface area (Å²) in [5.74, 6) is 0. The molecule has 0 aliphatic carbocycles. The monoisotopic (exact) mass is 296 g/mol. The molecule has 3 aromatic rings. The van der Waals surface area contributed by atoms with Crippen molar-refractivity contribution in [2.45, 2.75) is 19.9 Å². The Morgan fingerprint density at radius 3 is 2.67 bits per heavy atom. The van der Waals surface area contributed by atoms with Gasteiger partial charge < -0.3 is 5.32 Å². The second-order valence-corrected chi connectivity index (χ2v) is 5.62. The van der Waals surface area contributed by atoms with Crippen molar-refractivity contribution in [3.8, 4) is 0 Å². The van der Waals surface area contributed by atoms with Crippen molar-refractivity contribution >= 4 is 28.2 Å². The lowest BCUT2D eigenvalue weighted by Crippen LogP contribution is -2.07. The molecular weight excluding hydrogens is 280 g/mol. The molecule has 0 radical (unpaired) electrons. The van der Waals surface area contributed by atoms with Crippen LogP contribution in [0.15, 0.2) is 54.7 Å². The number of benzene rings is 2. The summed E-state index contributed by atoms with van der Waals surface area (Å²) in [5.41, 5.74) is 4.39. The van der Waals surface area contributed by atoms with Gasteiger partial charge in [0, 0.05) is 22.3 Å². The molecule has 21 heavy (non-hydrogen) atoms. The molecule has 1 aromatic heterocycles. The summed E-state index contributed by atoms with van der Waals surface area (Å²) < 4.78 is 0. The number of aromatic nitrogens is 1. The molecule has 0 spiro atoms. The molecule has 2 nitrogen and oxygen atoms in total. The van der Waals surface area contributed by atoms with Gasteiger partial charge >= 0.3 is 0 Å². The Balaban J connectivity index is 1.99. The average molecular weight is 297 g/mol. The Labute approximate surface area is 129 Å². The Morgan fingerprint density at radius 2 is 1.86 bits per heavy atom. The van der Waals surface area contributed by atoms with Crippen LogP contribution in [0.3, 0.4) is 0 Å². The Hall–Kier alpha value is -2.06. The number of nitrogens with one attached hydrogen (secondary N) is 1. The van der Waals surface area contributed by atoms with E-state index in [0.717, 1.165) is 27.2 Å². The number of hydrogen-bond donors (Lipinski definition) is 1. The van der Waals surface area contributed by atoms with E-state index in [1.54, 1.807) is 0 Å². The number of anilines is 1. The lowest BCUT2D eigenvalue weighted by Gasteiger charge is -2.18. The summed E-state index contributed by atoms with van der Waals surface area (Å²) in [6.07, 6.45) is 1.83. The normalized spacial score (nSPS) is 12.3. The zero-order chi connectivity index (χ0) is 14.8. The number of fused-ring (bicyclic) bond motifs is 1. The number of aryl methyl sites for hydroxylation is 1. The Morgan fingerprint density at radius 1 is 1.05 bits per heavy atom. The van der Waals surface area contributed by atoms with E-state index in [0.29, 0.717) is 0 Å². The molecule has 3 heteroatoms. The van der Waals surface area contributed by atoms with Crippen LogP contribution in [-0.2, 0) is 0 Å². The van der Waals surface area contributed by atoms with E-state index in [1.165, 1.54) is 5.56 Å². The fraction of sp³-hybridized carbons (Fsp3) is 0.167. The summed E-state index contributed by atoms with van der Waals surface area (Å²) in [5, 5.41) is 5.46. The first-order valence-corrected chi connectivity index (χ1v) is 7.40. The minimum atomic E-state index is 0.129. The summed E-state index contributed by atoms with van der Waals surface area (Å²) in [4.78, 5) is 4.47. The largest absolute Gasteiger partial charge is 0.378 e. The molecule has 0 fully saturated rings. The highest BCUT2D eigenvalue weighted by Gasteiger charge is 2.11. The second kappa shape index (κ2) is 5.74. The van der Waals surface area contributed by atoms with Crippen LogP contribution in [-0.4, -0.2) is 4.98 Å². The first-order chi connectivity index (χ1) is 10.2. The highest BCUT2D eigenvalue weighted by molar-refractivity contribution is 6.31. The third-order valence-electron chi connectivity index (χ3n) is 3.72. The van der Waals surface area contributed by atoms with Crippen LogP contribution in [0.5, 0.6) is 0 Å². The predicted molar refractivity (Wildman–Crippen MR) is 90.0 cm³/mol. The highest BCUT2D eigenvalue weighted by Crippen LogP contribution is 2.30. The van der Waals surface area contributed by atoms with Gasteiger partial charge in [0.15, 0.2) is 0 Å². The van der Waals surface area contributed by atoms with Crippen molar-refractivity contribution in [2.75, 3.05) is 5.32 Å². The molecule has 1 atom stereocenters. The summed E-state index contributed by atoms with van der Waals surface area (Å²) in [7, 11) is 0. The summed E-state index contributed by atoms with van der Waals surface area (Å²) in [6, 6.07) is 16.3. The molecule has 106 valence electrons. The van der Waals surface area contributed by atoms with Crippen LogP contribution in [0.4, 0.5) is 5.69 Å². The first kappa shape index (κ1) is 13.9. The zero-order valence-corrected chi connectivity index (χ0v) is 12.9. The molecule has 1 N–H and O–H groups in total. The fourth-order valence-electron chi connectivity index (χ4n) is 2.58. The van der Waals surface area contributed by atoms with Crippen LogP contribution in [0.1, 0.15) is 24.1 Å². The maximum Gasteiger partial charge on any atom is 0.0751 e. The third kappa shape index (κ3) is 2.72. The van der Waals surface area contributed by atoms with Gasteiger partial charge in [-0.25, -0.2) is 0 Å². The van der Waals surface area contributed by atoms with Gasteiger partial charge in [-0.15, -0.1) is 0 Å². The van der Waals surface area contributed by atoms with Crippen molar-refractivity contribution in [3.63, 3.8) is 0 Å². The van der Waals surface area contributed by atoms with Gasteiger partial charge in [-0.05, 0) is 49.2 Å². The summed E-state index contributed by atoms with van der Waals surface area (Å²) in [6.45, 7) is 4.19. The lowest BCUT2D eigenvalue weighted by molar-refractivity contribution is 0.887. The molecule has 0 saturated heterocycles. The minimum Gasteiger partial charge on any atom is -0.378 e. The van der Waals surface area contributed by atoms with E-state index in [9.17, 15) is 0 Å². The molecule has 2 aromatic carbocycles. The molecule has 1 heterocycles. The van der Waals surface area contributed by atoms with Crippen molar-refractivity contribution in [2.24, 2.45) is 0 Å². The van der Waals surface area contributed by atoms with Crippen LogP contribution in [0.25, 0.3) is 10.9 Å². The molecular formula is C18H17ClN2. The fourth-order valence-corrected chi connectivity index (χ4v) is 2.88. The van der Waals surface area contributed by atoms with Crippen molar-refractivity contribution in [3.05, 3.63) is 70.9 Å². The topological polar surface area (TPSA) is 24.9 Å². The van der Waals surface area contributed by atoms with Gasteiger partial charge in [-0.1, -0.05) is 35.9 Å². The van der Waals surface area contributed by atoms with Gasteiger partial charge in [0.2, 0.25) is 0 Å². The molecule has 0 bridgehead atoms. The SMILES string of the molecule is Cc1ccc(NC(C)c2ccccc2Cl)c2cccnc12. The molecule has 3 rings (SSSR count). The van der Waals surface area contributed by atoms with Crippen molar-refractivity contribution < 1.29 is 0 Å². The second-order valence-electron chi connectivity index (χ2n) is 5.22. The van der Waals surface area contributed by atoms with Crippen LogP contribution >= 0.6 is 11.6 Å². The van der Waals surface area contributed by atoms with Crippen LogP contribution in [0, 0.1) is 6.92 Å². The van der Waals surface area contributed by atoms with E-state index in [-0.39, 0.29) is 6.04 Å². The smallest absolute Gasteiger partial charge is 0.0751 e. The predicted octanol–water partition coefficient (Wildman–Crippen LogP) is 5.37. The van der Waals surface area contributed by atoms with Gasteiger partial charge in [-0.3, -0.25) is 4.98 Å². The molecule has 0 saturated carbocycles. The molecule has 0 aliphatic rings. The first-order valence-electron chi connectivity index (χ1n) is 7.02. The number of nitrogens with zero attached hydrogens (tertiary/aromatic N) is 1. The number of pyridine rings is 1. The Kier molecular flexibility index (Phi) is 3.80. The Bertz CT molecular complexity index is 783. The average Bonchev–Trinajstić information content (AvgIpc) is 2.51. The van der Waals surface area contributed by atoms with Gasteiger partial charge in [-0.2, -0.15) is 0 Å². The van der Waals surface area contributed by atoms with Gasteiger partial charge in [0.05, 0.1) is 11.6 Å². The summed E-state index contributed by atoms with van der Waals surface area (Å²) >= 11 is 6.28. The van der Waals surface area contributed by atoms with Crippen LogP contribution in [0.2, 0.25) is 5.02 Å². The van der Waals surface area contributed by atoms with E-state index in [4.69, 9.17) is 11.6 Å². The number of halogens is 1. The quantitative estimate of drug-likeness (QED) is 0.703. The van der Waals surface area contributed by atoms with Gasteiger partial charge in [0.1, 0.15) is 0 Å². The maximum absolute atomic E-state index is 6.28. The molecule has 1 unspecified atom stereocenters. The van der Waals surface area contributed by atoms with E-state index in [2.05, 4.69) is 48.4 Å². The molecule has 0 amide bonds. The third-order valence-corrected chi connectivity index (χ3v) is 4.06. The highest BCUT2D eigenvalue weighted by atomic mass is 35.5. The lowest BCUT2D eigenvalue weighted by atomic mass is 10.1. The minimum absolute atomic E-state index is 0.129. The van der Waals surface area contributed by atoms with E-state index in [1.807, 2.05) is 30.5 Å². The zero-order valence-electron chi connectivity index (χ0n) is 12.1. The van der Waals surface area contributed by atoms with Gasteiger partial charge in [0.25, 0.3) is 0 Å². The number of rotatable bonds is 3. The van der Waals surface area contributed by atoms with Crippen LogP contribution < -0.4 is 5.32 Å². The molecule has 0 aliphatic heterocycles. The van der Waals surface area contributed by atoms with E-state index >= 15 is 0 Å². The van der Waals surface area contributed by atoms with E-state index < -0.39 is 0 Å². The van der Waals surface area contributed by atoms with Crippen molar-refractivity contribution in [1.82, 2.24) is 4.98 Å². The standard InChI is InChI=1S/C18H17ClN2/c1-12-9-10-17(15-7-5-11-20-18(12)15)21-13(2)14-6-3-4-8-16(14)19/h3-11,13,21H,1-2H3. The maximum atomic E-state index is 6.28. The van der Waals surface area contributed by atoms with Crippen molar-refractivity contribution in [1.29, 1.82) is 0 Å².